The van der Waals surface area contributed by atoms with E-state index < -0.39 is 0 Å². The van der Waals surface area contributed by atoms with E-state index in [9.17, 15) is 9.90 Å². The number of hydrogen-bond donors (Lipinski definition) is 2. The second-order valence-corrected chi connectivity index (χ2v) is 7.49. The molecule has 1 saturated heterocycles. The van der Waals surface area contributed by atoms with Crippen molar-refractivity contribution >= 4 is 48.9 Å². The monoisotopic (exact) mass is 368 g/mol. The molecule has 0 bridgehead atoms. The maximum absolute atomic E-state index is 12.7. The number of thiophene rings is 1. The van der Waals surface area contributed by atoms with Crippen molar-refractivity contribution in [1.29, 1.82) is 0 Å². The lowest BCUT2D eigenvalue weighted by molar-refractivity contribution is 0.0768. The van der Waals surface area contributed by atoms with Gasteiger partial charge in [-0.15, -0.1) is 11.3 Å². The second kappa shape index (κ2) is 5.59. The number of aliphatic hydroxyl groups is 1. The Kier molecular flexibility index (Phi) is 3.94. The molecule has 1 aliphatic heterocycles. The summed E-state index contributed by atoms with van der Waals surface area (Å²) in [5, 5.41) is 10.6. The molecule has 0 aliphatic carbocycles. The lowest BCUT2D eigenvalue weighted by Gasteiger charge is -2.17. The Hall–Kier alpha value is -1.11. The van der Waals surface area contributed by atoms with E-state index in [1.54, 1.807) is 11.8 Å². The SMILES string of the molecule is CC(O)C1CCN(C(=O)c2sc3ccc(Br)cc3c2N)C1. The zero-order chi connectivity index (χ0) is 15.1. The summed E-state index contributed by atoms with van der Waals surface area (Å²) < 4.78 is 1.97. The van der Waals surface area contributed by atoms with Gasteiger partial charge in [-0.25, -0.2) is 0 Å². The van der Waals surface area contributed by atoms with Crippen LogP contribution in [0.15, 0.2) is 22.7 Å². The maximum atomic E-state index is 12.7. The van der Waals surface area contributed by atoms with Gasteiger partial charge in [-0.1, -0.05) is 15.9 Å². The zero-order valence-corrected chi connectivity index (χ0v) is 14.1. The van der Waals surface area contributed by atoms with Crippen LogP contribution in [-0.2, 0) is 0 Å². The van der Waals surface area contributed by atoms with Crippen LogP contribution in [0.2, 0.25) is 0 Å². The van der Waals surface area contributed by atoms with Crippen molar-refractivity contribution in [2.75, 3.05) is 18.8 Å². The lowest BCUT2D eigenvalue weighted by Crippen LogP contribution is -2.30. The van der Waals surface area contributed by atoms with Crippen LogP contribution in [0.25, 0.3) is 10.1 Å². The molecule has 0 saturated carbocycles. The minimum absolute atomic E-state index is 0.0204. The number of halogens is 1. The Morgan fingerprint density at radius 1 is 1.57 bits per heavy atom. The summed E-state index contributed by atoms with van der Waals surface area (Å²) in [4.78, 5) is 15.1. The van der Waals surface area contributed by atoms with Gasteiger partial charge >= 0.3 is 0 Å². The number of likely N-dealkylation sites (tertiary alicyclic amines) is 1. The summed E-state index contributed by atoms with van der Waals surface area (Å²) in [7, 11) is 0. The van der Waals surface area contributed by atoms with Crippen molar-refractivity contribution in [2.24, 2.45) is 5.92 Å². The van der Waals surface area contributed by atoms with Gasteiger partial charge in [0, 0.05) is 33.6 Å². The van der Waals surface area contributed by atoms with Gasteiger partial charge in [0.25, 0.3) is 5.91 Å². The average molecular weight is 369 g/mol. The number of anilines is 1. The number of rotatable bonds is 2. The molecule has 0 spiro atoms. The fourth-order valence-corrected chi connectivity index (χ4v) is 4.19. The van der Waals surface area contributed by atoms with Crippen LogP contribution >= 0.6 is 27.3 Å². The number of amides is 1. The highest BCUT2D eigenvalue weighted by atomic mass is 79.9. The number of nitrogens with two attached hydrogens (primary N) is 1. The van der Waals surface area contributed by atoms with Gasteiger partial charge in [0.2, 0.25) is 0 Å². The number of aliphatic hydroxyl groups excluding tert-OH is 1. The van der Waals surface area contributed by atoms with Crippen LogP contribution in [0.5, 0.6) is 0 Å². The quantitative estimate of drug-likeness (QED) is 0.855. The highest BCUT2D eigenvalue weighted by Gasteiger charge is 2.31. The van der Waals surface area contributed by atoms with Crippen LogP contribution < -0.4 is 5.73 Å². The van der Waals surface area contributed by atoms with Gasteiger partial charge in [-0.05, 0) is 31.5 Å². The summed E-state index contributed by atoms with van der Waals surface area (Å²) in [6, 6.07) is 5.87. The number of carbonyl (C=O) groups excluding carboxylic acids is 1. The van der Waals surface area contributed by atoms with Gasteiger partial charge in [0.05, 0.1) is 11.8 Å². The molecule has 2 atom stereocenters. The van der Waals surface area contributed by atoms with E-state index in [0.29, 0.717) is 23.7 Å². The van der Waals surface area contributed by atoms with Crippen LogP contribution in [0.1, 0.15) is 23.0 Å². The maximum Gasteiger partial charge on any atom is 0.266 e. The van der Waals surface area contributed by atoms with E-state index in [2.05, 4.69) is 15.9 Å². The normalized spacial score (nSPS) is 20.1. The minimum Gasteiger partial charge on any atom is -0.397 e. The molecule has 3 rings (SSSR count). The third kappa shape index (κ3) is 2.67. The zero-order valence-electron chi connectivity index (χ0n) is 11.7. The molecule has 1 amide bonds. The fourth-order valence-electron chi connectivity index (χ4n) is 2.76. The van der Waals surface area contributed by atoms with Crippen molar-refractivity contribution in [3.63, 3.8) is 0 Å². The molecule has 6 heteroatoms. The predicted molar refractivity (Wildman–Crippen MR) is 89.6 cm³/mol. The van der Waals surface area contributed by atoms with E-state index in [0.717, 1.165) is 21.0 Å². The van der Waals surface area contributed by atoms with Gasteiger partial charge in [-0.2, -0.15) is 0 Å². The van der Waals surface area contributed by atoms with Gasteiger partial charge in [-0.3, -0.25) is 4.79 Å². The summed E-state index contributed by atoms with van der Waals surface area (Å²) >= 11 is 4.87. The molecule has 1 aromatic carbocycles. The first kappa shape index (κ1) is 14.8. The van der Waals surface area contributed by atoms with E-state index in [1.807, 2.05) is 18.2 Å². The van der Waals surface area contributed by atoms with Crippen LogP contribution in [0.4, 0.5) is 5.69 Å². The highest BCUT2D eigenvalue weighted by molar-refractivity contribution is 9.10. The molecule has 0 radical (unpaired) electrons. The second-order valence-electron chi connectivity index (χ2n) is 5.53. The van der Waals surface area contributed by atoms with E-state index in [4.69, 9.17) is 5.73 Å². The third-order valence-corrected chi connectivity index (χ3v) is 5.74. The largest absolute Gasteiger partial charge is 0.397 e. The summed E-state index contributed by atoms with van der Waals surface area (Å²) in [5.41, 5.74) is 6.72. The minimum atomic E-state index is -0.376. The number of nitrogens with zero attached hydrogens (tertiary/aromatic N) is 1. The summed E-state index contributed by atoms with van der Waals surface area (Å²) in [6.45, 7) is 3.07. The van der Waals surface area contributed by atoms with Crippen molar-refractivity contribution in [1.82, 2.24) is 4.90 Å². The molecule has 21 heavy (non-hydrogen) atoms. The molecule has 3 N–H and O–H groups in total. The summed E-state index contributed by atoms with van der Waals surface area (Å²) in [6.07, 6.45) is 0.471. The van der Waals surface area contributed by atoms with Crippen molar-refractivity contribution in [2.45, 2.75) is 19.4 Å². The molecule has 2 unspecified atom stereocenters. The molecular formula is C15H17BrN2O2S. The topological polar surface area (TPSA) is 66.6 Å². The first-order chi connectivity index (χ1) is 9.97. The molecule has 1 aromatic heterocycles. The van der Waals surface area contributed by atoms with Gasteiger partial charge in [0.1, 0.15) is 4.88 Å². The third-order valence-electron chi connectivity index (χ3n) is 4.08. The number of nitrogen functional groups attached to an aromatic ring is 1. The number of fused-ring (bicyclic) bond motifs is 1. The molecule has 1 fully saturated rings. The first-order valence-electron chi connectivity index (χ1n) is 6.92. The van der Waals surface area contributed by atoms with Crippen LogP contribution in [0.3, 0.4) is 0 Å². The molecule has 4 nitrogen and oxygen atoms in total. The molecule has 1 aliphatic rings. The Balaban J connectivity index is 1.90. The number of benzene rings is 1. The molecule has 112 valence electrons. The van der Waals surface area contributed by atoms with E-state index >= 15 is 0 Å². The number of carbonyl (C=O) groups is 1. The summed E-state index contributed by atoms with van der Waals surface area (Å²) in [5.74, 6) is 0.145. The Labute approximate surface area is 135 Å². The average Bonchev–Trinajstić information content (AvgIpc) is 3.04. The first-order valence-corrected chi connectivity index (χ1v) is 8.53. The molecule has 2 aromatic rings. The standard InChI is InChI=1S/C15H17BrN2O2S/c1-8(19)9-4-5-18(7-9)15(20)14-13(17)11-6-10(16)2-3-12(11)21-14/h2-3,6,8-9,19H,4-5,7,17H2,1H3. The predicted octanol–water partition coefficient (Wildman–Crippen LogP) is 3.09. The Morgan fingerprint density at radius 2 is 2.33 bits per heavy atom. The van der Waals surface area contributed by atoms with Crippen molar-refractivity contribution in [3.05, 3.63) is 27.5 Å². The van der Waals surface area contributed by atoms with Crippen molar-refractivity contribution in [3.8, 4) is 0 Å². The van der Waals surface area contributed by atoms with Gasteiger partial charge in [0.15, 0.2) is 0 Å². The molecular weight excluding hydrogens is 352 g/mol. The fraction of sp³-hybridized carbons (Fsp3) is 0.400. The van der Waals surface area contributed by atoms with E-state index in [1.165, 1.54) is 11.3 Å². The Morgan fingerprint density at radius 3 is 3.00 bits per heavy atom. The van der Waals surface area contributed by atoms with Crippen LogP contribution in [0, 0.1) is 5.92 Å². The van der Waals surface area contributed by atoms with Crippen LogP contribution in [-0.4, -0.2) is 35.1 Å². The smallest absolute Gasteiger partial charge is 0.266 e. The highest BCUT2D eigenvalue weighted by Crippen LogP contribution is 2.36. The lowest BCUT2D eigenvalue weighted by atomic mass is 10.0. The van der Waals surface area contributed by atoms with E-state index in [-0.39, 0.29) is 17.9 Å². The number of hydrogen-bond acceptors (Lipinski definition) is 4. The van der Waals surface area contributed by atoms with Gasteiger partial charge < -0.3 is 15.7 Å². The molecule has 2 heterocycles. The van der Waals surface area contributed by atoms with Crippen molar-refractivity contribution < 1.29 is 9.90 Å². The Bertz CT molecular complexity index is 698.